The maximum atomic E-state index is 13.8. The number of anilines is 1. The Kier molecular flexibility index (Phi) is 3.39. The number of hydrogen-bond donors (Lipinski definition) is 1. The molecule has 0 unspecified atom stereocenters. The number of rotatable bonds is 0. The second kappa shape index (κ2) is 4.94. The number of likely N-dealkylation sites (tertiary alicyclic amines) is 1. The largest absolute Gasteiger partial charge is 0.465 e. The molecule has 0 saturated carbocycles. The van der Waals surface area contributed by atoms with Crippen LogP contribution in [-0.2, 0) is 10.2 Å². The van der Waals surface area contributed by atoms with Crippen LogP contribution in [0.2, 0.25) is 0 Å². The smallest absolute Gasteiger partial charge is 0.407 e. The van der Waals surface area contributed by atoms with Crippen molar-refractivity contribution < 1.29 is 19.1 Å². The summed E-state index contributed by atoms with van der Waals surface area (Å²) in [4.78, 5) is 27.4. The van der Waals surface area contributed by atoms with Crippen molar-refractivity contribution in [2.24, 2.45) is 0 Å². The molecule has 1 aromatic carbocycles. The van der Waals surface area contributed by atoms with Gasteiger partial charge in [-0.05, 0) is 57.4 Å². The summed E-state index contributed by atoms with van der Waals surface area (Å²) >= 11 is 0. The van der Waals surface area contributed by atoms with E-state index in [4.69, 9.17) is 5.11 Å². The van der Waals surface area contributed by atoms with Crippen molar-refractivity contribution in [3.8, 4) is 0 Å². The fraction of sp³-hybridized carbons (Fsp3) is 0.529. The molecule has 1 spiro atoms. The molecule has 1 aromatic rings. The summed E-state index contributed by atoms with van der Waals surface area (Å²) in [5.74, 6) is -0.414. The van der Waals surface area contributed by atoms with Gasteiger partial charge in [-0.15, -0.1) is 0 Å². The summed E-state index contributed by atoms with van der Waals surface area (Å²) in [5.41, 5.74) is 0.212. The highest BCUT2D eigenvalue weighted by atomic mass is 19.1. The molecule has 1 N–H and O–H groups in total. The van der Waals surface area contributed by atoms with Gasteiger partial charge >= 0.3 is 6.09 Å². The Morgan fingerprint density at radius 3 is 2.39 bits per heavy atom. The van der Waals surface area contributed by atoms with Crippen LogP contribution in [0, 0.1) is 5.82 Å². The number of halogens is 1. The van der Waals surface area contributed by atoms with Crippen LogP contribution in [0.4, 0.5) is 14.9 Å². The number of nitrogens with zero attached hydrogens (tertiary/aromatic N) is 2. The molecule has 0 bridgehead atoms. The summed E-state index contributed by atoms with van der Waals surface area (Å²) in [6.45, 7) is 6.42. The standard InChI is InChI=1S/C17H21FN2O3/c1-16(2,3)20-13-5-4-11(18)10-12(13)17(14(20)21)6-8-19(9-7-17)15(22)23/h4-5,10H,6-9H2,1-3H3,(H,22,23). The van der Waals surface area contributed by atoms with Crippen LogP contribution in [-0.4, -0.2) is 40.6 Å². The predicted octanol–water partition coefficient (Wildman–Crippen LogP) is 2.98. The molecule has 2 aliphatic rings. The van der Waals surface area contributed by atoms with Crippen molar-refractivity contribution in [3.63, 3.8) is 0 Å². The van der Waals surface area contributed by atoms with Crippen molar-refractivity contribution in [3.05, 3.63) is 29.6 Å². The zero-order chi connectivity index (χ0) is 17.0. The van der Waals surface area contributed by atoms with E-state index in [1.54, 1.807) is 11.0 Å². The molecule has 0 atom stereocenters. The van der Waals surface area contributed by atoms with E-state index in [1.807, 2.05) is 20.8 Å². The zero-order valence-corrected chi connectivity index (χ0v) is 13.6. The maximum Gasteiger partial charge on any atom is 0.407 e. The Bertz CT molecular complexity index is 673. The lowest BCUT2D eigenvalue weighted by Gasteiger charge is -2.39. The van der Waals surface area contributed by atoms with Gasteiger partial charge in [0.1, 0.15) is 5.82 Å². The van der Waals surface area contributed by atoms with E-state index >= 15 is 0 Å². The van der Waals surface area contributed by atoms with Crippen LogP contribution in [0.1, 0.15) is 39.2 Å². The lowest BCUT2D eigenvalue weighted by atomic mass is 9.73. The number of amides is 2. The molecule has 23 heavy (non-hydrogen) atoms. The molecular weight excluding hydrogens is 299 g/mol. The van der Waals surface area contributed by atoms with Crippen LogP contribution in [0.5, 0.6) is 0 Å². The molecule has 0 aromatic heterocycles. The Hall–Kier alpha value is -2.11. The quantitative estimate of drug-likeness (QED) is 0.799. The third-order valence-electron chi connectivity index (χ3n) is 4.89. The molecule has 124 valence electrons. The van der Waals surface area contributed by atoms with E-state index in [9.17, 15) is 14.0 Å². The van der Waals surface area contributed by atoms with E-state index < -0.39 is 17.0 Å². The van der Waals surface area contributed by atoms with Gasteiger partial charge < -0.3 is 14.9 Å². The zero-order valence-electron chi connectivity index (χ0n) is 13.6. The SMILES string of the molecule is CC(C)(C)N1C(=O)C2(CCN(C(=O)O)CC2)c2cc(F)ccc21. The Labute approximate surface area is 134 Å². The van der Waals surface area contributed by atoms with Crippen LogP contribution < -0.4 is 4.90 Å². The highest BCUT2D eigenvalue weighted by Gasteiger charge is 2.54. The highest BCUT2D eigenvalue weighted by molar-refractivity contribution is 6.09. The Morgan fingerprint density at radius 1 is 1.26 bits per heavy atom. The van der Waals surface area contributed by atoms with Gasteiger partial charge in [-0.2, -0.15) is 0 Å². The van der Waals surface area contributed by atoms with Gasteiger partial charge in [-0.1, -0.05) is 0 Å². The van der Waals surface area contributed by atoms with Crippen molar-refractivity contribution in [2.75, 3.05) is 18.0 Å². The summed E-state index contributed by atoms with van der Waals surface area (Å²) in [6.07, 6.45) is -0.195. The lowest BCUT2D eigenvalue weighted by Crippen LogP contribution is -2.53. The number of piperidine rings is 1. The lowest BCUT2D eigenvalue weighted by molar-refractivity contribution is -0.125. The molecular formula is C17H21FN2O3. The number of carbonyl (C=O) groups excluding carboxylic acids is 1. The van der Waals surface area contributed by atoms with E-state index in [0.717, 1.165) is 5.69 Å². The van der Waals surface area contributed by atoms with Crippen molar-refractivity contribution in [1.82, 2.24) is 4.90 Å². The second-order valence-electron chi connectivity index (χ2n) is 7.32. The van der Waals surface area contributed by atoms with Gasteiger partial charge in [-0.25, -0.2) is 9.18 Å². The van der Waals surface area contributed by atoms with Gasteiger partial charge in [-0.3, -0.25) is 4.79 Å². The number of carbonyl (C=O) groups is 2. The van der Waals surface area contributed by atoms with Crippen LogP contribution in [0.3, 0.4) is 0 Å². The molecule has 2 aliphatic heterocycles. The summed E-state index contributed by atoms with van der Waals surface area (Å²) < 4.78 is 13.8. The first kappa shape index (κ1) is 15.8. The normalized spacial score (nSPS) is 20.1. The maximum absolute atomic E-state index is 13.8. The fourth-order valence-corrected chi connectivity index (χ4v) is 3.75. The second-order valence-corrected chi connectivity index (χ2v) is 7.32. The van der Waals surface area contributed by atoms with Crippen LogP contribution in [0.25, 0.3) is 0 Å². The predicted molar refractivity (Wildman–Crippen MR) is 84.1 cm³/mol. The van der Waals surface area contributed by atoms with Gasteiger partial charge in [0.25, 0.3) is 0 Å². The summed E-state index contributed by atoms with van der Waals surface area (Å²) in [7, 11) is 0. The van der Waals surface area contributed by atoms with E-state index in [-0.39, 0.29) is 24.8 Å². The van der Waals surface area contributed by atoms with Crippen molar-refractivity contribution in [2.45, 2.75) is 44.6 Å². The first-order chi connectivity index (χ1) is 10.7. The molecule has 2 amide bonds. The molecule has 1 fully saturated rings. The fourth-order valence-electron chi connectivity index (χ4n) is 3.75. The molecule has 0 aliphatic carbocycles. The molecule has 3 rings (SSSR count). The summed E-state index contributed by atoms with van der Waals surface area (Å²) in [5, 5.41) is 9.13. The third kappa shape index (κ3) is 2.28. The first-order valence-corrected chi connectivity index (χ1v) is 7.79. The highest BCUT2D eigenvalue weighted by Crippen LogP contribution is 2.50. The number of carboxylic acid groups (broad SMARTS) is 1. The number of fused-ring (bicyclic) bond motifs is 2. The van der Waals surface area contributed by atoms with E-state index in [2.05, 4.69) is 0 Å². The first-order valence-electron chi connectivity index (χ1n) is 7.79. The minimum Gasteiger partial charge on any atom is -0.465 e. The number of hydrogen-bond acceptors (Lipinski definition) is 2. The third-order valence-corrected chi connectivity index (χ3v) is 4.89. The van der Waals surface area contributed by atoms with E-state index in [0.29, 0.717) is 18.4 Å². The molecule has 5 nitrogen and oxygen atoms in total. The average Bonchev–Trinajstić information content (AvgIpc) is 2.69. The van der Waals surface area contributed by atoms with Crippen LogP contribution >= 0.6 is 0 Å². The van der Waals surface area contributed by atoms with Gasteiger partial charge in [0.05, 0.1) is 5.41 Å². The summed E-state index contributed by atoms with van der Waals surface area (Å²) in [6, 6.07) is 4.47. The number of benzene rings is 1. The van der Waals surface area contributed by atoms with Crippen molar-refractivity contribution in [1.29, 1.82) is 0 Å². The van der Waals surface area contributed by atoms with Crippen molar-refractivity contribution >= 4 is 17.7 Å². The molecule has 1 saturated heterocycles. The molecule has 6 heteroatoms. The van der Waals surface area contributed by atoms with Gasteiger partial charge in [0.2, 0.25) is 5.91 Å². The minimum absolute atomic E-state index is 0.0457. The average molecular weight is 320 g/mol. The van der Waals surface area contributed by atoms with E-state index in [1.165, 1.54) is 17.0 Å². The molecule has 0 radical (unpaired) electrons. The monoisotopic (exact) mass is 320 g/mol. The molecule has 2 heterocycles. The Balaban J connectivity index is 2.08. The minimum atomic E-state index is -0.975. The van der Waals surface area contributed by atoms with Gasteiger partial charge in [0.15, 0.2) is 0 Å². The Morgan fingerprint density at radius 2 is 1.87 bits per heavy atom. The topological polar surface area (TPSA) is 60.9 Å². The van der Waals surface area contributed by atoms with Crippen LogP contribution in [0.15, 0.2) is 18.2 Å². The van der Waals surface area contributed by atoms with Gasteiger partial charge in [0, 0.05) is 24.3 Å².